The number of alkyl halides is 3. The van der Waals surface area contributed by atoms with Crippen LogP contribution in [0.5, 0.6) is 5.88 Å². The number of carboxylic acids is 1. The molecule has 7 nitrogen and oxygen atoms in total. The number of ether oxygens (including phenoxy) is 1. The summed E-state index contributed by atoms with van der Waals surface area (Å²) >= 11 is 0. The van der Waals surface area contributed by atoms with Crippen LogP contribution in [0.2, 0.25) is 0 Å². The Kier molecular flexibility index (Phi) is 5.87. The number of carbonyl (C=O) groups is 1. The smallest absolute Gasteiger partial charge is 0.399 e. The van der Waals surface area contributed by atoms with Gasteiger partial charge >= 0.3 is 12.1 Å². The molecule has 180 valence electrons. The standard InChI is InChI=1S/C24H25F3N4O3/c1-14-9-19(34-13-22(2,3)21(32)33)29-11-16(14)15-5-6-17(28-10-15)20-30-12-18(31-20)23(7-4-8-23)24(25,26)27/h5-6,9-12H,4,7-8,13H2,1-3H3,(H,30,31)(H,32,33). The van der Waals surface area contributed by atoms with Crippen molar-refractivity contribution >= 4 is 5.97 Å². The average Bonchev–Trinajstić information content (AvgIpc) is 3.20. The molecule has 1 fully saturated rings. The minimum atomic E-state index is -4.32. The van der Waals surface area contributed by atoms with E-state index in [1.807, 2.05) is 6.92 Å². The number of hydrogen-bond acceptors (Lipinski definition) is 5. The summed E-state index contributed by atoms with van der Waals surface area (Å²) in [6, 6.07) is 5.21. The van der Waals surface area contributed by atoms with Gasteiger partial charge in [0.25, 0.3) is 0 Å². The van der Waals surface area contributed by atoms with Crippen molar-refractivity contribution in [3.63, 3.8) is 0 Å². The van der Waals surface area contributed by atoms with Crippen molar-refractivity contribution in [2.24, 2.45) is 5.41 Å². The summed E-state index contributed by atoms with van der Waals surface area (Å²) in [6.45, 7) is 4.99. The summed E-state index contributed by atoms with van der Waals surface area (Å²) in [6.07, 6.45) is 0.818. The topological polar surface area (TPSA) is 101 Å². The summed E-state index contributed by atoms with van der Waals surface area (Å²) in [7, 11) is 0. The lowest BCUT2D eigenvalue weighted by atomic mass is 9.66. The fourth-order valence-electron chi connectivity index (χ4n) is 3.85. The number of imidazole rings is 1. The lowest BCUT2D eigenvalue weighted by molar-refractivity contribution is -0.214. The molecule has 4 rings (SSSR count). The highest BCUT2D eigenvalue weighted by molar-refractivity contribution is 5.73. The van der Waals surface area contributed by atoms with Crippen LogP contribution in [0.3, 0.4) is 0 Å². The third-order valence-corrected chi connectivity index (χ3v) is 6.40. The van der Waals surface area contributed by atoms with Crippen LogP contribution in [0, 0.1) is 12.3 Å². The molecule has 3 aromatic rings. The zero-order valence-corrected chi connectivity index (χ0v) is 19.0. The number of rotatable bonds is 7. The molecule has 0 saturated heterocycles. The Morgan fingerprint density at radius 3 is 2.41 bits per heavy atom. The molecule has 0 aliphatic heterocycles. The van der Waals surface area contributed by atoms with E-state index in [1.165, 1.54) is 6.20 Å². The van der Waals surface area contributed by atoms with Crippen LogP contribution < -0.4 is 4.74 Å². The Hall–Kier alpha value is -3.43. The van der Waals surface area contributed by atoms with Crippen LogP contribution in [-0.4, -0.2) is 43.8 Å². The minimum absolute atomic E-state index is 0.0227. The van der Waals surface area contributed by atoms with E-state index in [9.17, 15) is 23.1 Å². The fourth-order valence-corrected chi connectivity index (χ4v) is 3.85. The number of aryl methyl sites for hydroxylation is 1. The summed E-state index contributed by atoms with van der Waals surface area (Å²) < 4.78 is 46.3. The number of aromatic amines is 1. The Morgan fingerprint density at radius 1 is 1.15 bits per heavy atom. The molecular formula is C24H25F3N4O3. The van der Waals surface area contributed by atoms with E-state index in [0.717, 1.165) is 16.7 Å². The molecule has 0 atom stereocenters. The average molecular weight is 474 g/mol. The van der Waals surface area contributed by atoms with E-state index in [4.69, 9.17) is 4.74 Å². The number of hydrogen-bond donors (Lipinski definition) is 2. The van der Waals surface area contributed by atoms with Gasteiger partial charge in [-0.05, 0) is 45.2 Å². The van der Waals surface area contributed by atoms with Gasteiger partial charge in [-0.25, -0.2) is 9.97 Å². The first-order valence-electron chi connectivity index (χ1n) is 10.8. The maximum absolute atomic E-state index is 13.6. The van der Waals surface area contributed by atoms with Crippen molar-refractivity contribution in [1.29, 1.82) is 0 Å². The molecule has 0 radical (unpaired) electrons. The summed E-state index contributed by atoms with van der Waals surface area (Å²) in [5, 5.41) is 9.20. The third-order valence-electron chi connectivity index (χ3n) is 6.40. The maximum atomic E-state index is 13.6. The second-order valence-electron chi connectivity index (χ2n) is 9.33. The second-order valence-corrected chi connectivity index (χ2v) is 9.33. The van der Waals surface area contributed by atoms with Crippen molar-refractivity contribution < 1.29 is 27.8 Å². The first-order chi connectivity index (χ1) is 15.9. The maximum Gasteiger partial charge on any atom is 0.399 e. The van der Waals surface area contributed by atoms with E-state index >= 15 is 0 Å². The van der Waals surface area contributed by atoms with E-state index in [-0.39, 0.29) is 31.0 Å². The van der Waals surface area contributed by atoms with Crippen molar-refractivity contribution in [3.05, 3.63) is 48.0 Å². The quantitative estimate of drug-likeness (QED) is 0.481. The zero-order chi connectivity index (χ0) is 24.7. The highest BCUT2D eigenvalue weighted by atomic mass is 19.4. The molecule has 10 heteroatoms. The number of aliphatic carboxylic acids is 1. The normalized spacial score (nSPS) is 15.6. The highest BCUT2D eigenvalue weighted by Gasteiger charge is 2.60. The Morgan fingerprint density at radius 2 is 1.88 bits per heavy atom. The van der Waals surface area contributed by atoms with E-state index in [0.29, 0.717) is 18.0 Å². The number of nitrogens with one attached hydrogen (secondary N) is 1. The lowest BCUT2D eigenvalue weighted by Gasteiger charge is -2.42. The van der Waals surface area contributed by atoms with Gasteiger partial charge in [0.05, 0.1) is 11.1 Å². The summed E-state index contributed by atoms with van der Waals surface area (Å²) in [5.74, 6) is -0.355. The first kappa shape index (κ1) is 23.7. The van der Waals surface area contributed by atoms with Crippen molar-refractivity contribution in [2.75, 3.05) is 6.61 Å². The fraction of sp³-hybridized carbons (Fsp3) is 0.417. The Balaban J connectivity index is 1.50. The molecule has 1 aliphatic rings. The van der Waals surface area contributed by atoms with E-state index in [2.05, 4.69) is 19.9 Å². The molecule has 34 heavy (non-hydrogen) atoms. The van der Waals surface area contributed by atoms with Gasteiger partial charge in [0.2, 0.25) is 5.88 Å². The predicted molar refractivity (Wildman–Crippen MR) is 118 cm³/mol. The van der Waals surface area contributed by atoms with E-state index in [1.54, 1.807) is 44.4 Å². The van der Waals surface area contributed by atoms with Gasteiger partial charge in [-0.3, -0.25) is 9.78 Å². The molecule has 3 aromatic heterocycles. The number of aromatic nitrogens is 4. The molecule has 0 bridgehead atoms. The number of nitrogens with zero attached hydrogens (tertiary/aromatic N) is 3. The van der Waals surface area contributed by atoms with Gasteiger partial charge in [-0.1, -0.05) is 12.5 Å². The third kappa shape index (κ3) is 4.24. The second kappa shape index (κ2) is 8.41. The summed E-state index contributed by atoms with van der Waals surface area (Å²) in [4.78, 5) is 26.8. The van der Waals surface area contributed by atoms with Crippen molar-refractivity contribution in [1.82, 2.24) is 19.9 Å². The lowest BCUT2D eigenvalue weighted by Crippen LogP contribution is -2.48. The van der Waals surface area contributed by atoms with Crippen LogP contribution in [0.4, 0.5) is 13.2 Å². The number of H-pyrrole nitrogens is 1. The summed E-state index contributed by atoms with van der Waals surface area (Å²) in [5.41, 5.74) is 0.0491. The molecule has 1 saturated carbocycles. The monoisotopic (exact) mass is 474 g/mol. The van der Waals surface area contributed by atoms with Gasteiger partial charge in [-0.15, -0.1) is 0 Å². The van der Waals surface area contributed by atoms with Gasteiger partial charge in [0.15, 0.2) is 5.82 Å². The largest absolute Gasteiger partial charge is 0.481 e. The number of halogens is 3. The van der Waals surface area contributed by atoms with Crippen LogP contribution in [0.15, 0.2) is 36.8 Å². The Labute approximate surface area is 194 Å². The molecule has 3 heterocycles. The minimum Gasteiger partial charge on any atom is -0.481 e. The highest BCUT2D eigenvalue weighted by Crippen LogP contribution is 2.54. The number of pyridine rings is 2. The van der Waals surface area contributed by atoms with Crippen LogP contribution in [0.25, 0.3) is 22.6 Å². The van der Waals surface area contributed by atoms with Gasteiger partial charge in [0.1, 0.15) is 17.7 Å². The zero-order valence-electron chi connectivity index (χ0n) is 19.0. The Bertz CT molecular complexity index is 1200. The molecule has 0 spiro atoms. The van der Waals surface area contributed by atoms with Crippen LogP contribution in [0.1, 0.15) is 44.4 Å². The van der Waals surface area contributed by atoms with Crippen molar-refractivity contribution in [3.8, 4) is 28.5 Å². The molecule has 0 aromatic carbocycles. The molecule has 2 N–H and O–H groups in total. The predicted octanol–water partition coefficient (Wildman–Crippen LogP) is 5.32. The molecule has 0 amide bonds. The molecule has 1 aliphatic carbocycles. The van der Waals surface area contributed by atoms with Crippen molar-refractivity contribution in [2.45, 2.75) is 51.6 Å². The van der Waals surface area contributed by atoms with Gasteiger partial charge in [0, 0.05) is 35.8 Å². The van der Waals surface area contributed by atoms with Crippen LogP contribution in [-0.2, 0) is 10.2 Å². The van der Waals surface area contributed by atoms with Gasteiger partial charge in [-0.2, -0.15) is 13.2 Å². The SMILES string of the molecule is Cc1cc(OCC(C)(C)C(=O)O)ncc1-c1ccc(-c2ncc(C3(C(F)(F)F)CCC3)[nH]2)nc1. The van der Waals surface area contributed by atoms with Gasteiger partial charge < -0.3 is 14.8 Å². The first-order valence-corrected chi connectivity index (χ1v) is 10.8. The molecule has 0 unspecified atom stereocenters. The van der Waals surface area contributed by atoms with E-state index < -0.39 is 23.0 Å². The molecular weight excluding hydrogens is 449 g/mol. The van der Waals surface area contributed by atoms with Crippen LogP contribution >= 0.6 is 0 Å². The number of carboxylic acid groups (broad SMARTS) is 1.